The first-order valence-electron chi connectivity index (χ1n) is 10.7. The second kappa shape index (κ2) is 11.6. The second-order valence-electron chi connectivity index (χ2n) is 7.35. The van der Waals surface area contributed by atoms with Gasteiger partial charge in [0.1, 0.15) is 24.7 Å². The van der Waals surface area contributed by atoms with E-state index in [0.717, 1.165) is 12.2 Å². The van der Waals surface area contributed by atoms with Gasteiger partial charge in [0, 0.05) is 22.9 Å². The molecular weight excluding hydrogens is 404 g/mol. The molecule has 0 bridgehead atoms. The summed E-state index contributed by atoms with van der Waals surface area (Å²) in [5, 5.41) is 5.76. The highest BCUT2D eigenvalue weighted by Crippen LogP contribution is 2.16. The number of amides is 2. The summed E-state index contributed by atoms with van der Waals surface area (Å²) < 4.78 is 11.3. The molecule has 1 atom stereocenters. The number of para-hydroxylation sites is 1. The number of rotatable bonds is 10. The fourth-order valence-corrected chi connectivity index (χ4v) is 2.88. The van der Waals surface area contributed by atoms with Gasteiger partial charge in [-0.3, -0.25) is 9.59 Å². The predicted octanol–water partition coefficient (Wildman–Crippen LogP) is 4.93. The van der Waals surface area contributed by atoms with Crippen molar-refractivity contribution in [1.82, 2.24) is 5.32 Å². The molecule has 3 aromatic carbocycles. The molecule has 6 heteroatoms. The molecule has 32 heavy (non-hydrogen) atoms. The van der Waals surface area contributed by atoms with Gasteiger partial charge >= 0.3 is 0 Å². The first kappa shape index (κ1) is 22.9. The summed E-state index contributed by atoms with van der Waals surface area (Å²) >= 11 is 0. The van der Waals surface area contributed by atoms with Crippen molar-refractivity contribution in [3.63, 3.8) is 0 Å². The van der Waals surface area contributed by atoms with E-state index in [0.29, 0.717) is 35.8 Å². The SMILES string of the molecule is CCC(C)NC(=O)c1ccc(NC(=O)c2cccc(OCCOc3ccccc3)c2)cc1. The Morgan fingerprint density at radius 2 is 1.44 bits per heavy atom. The van der Waals surface area contributed by atoms with Gasteiger partial charge in [-0.05, 0) is 67.9 Å². The zero-order chi connectivity index (χ0) is 22.8. The Kier molecular flexibility index (Phi) is 8.26. The molecule has 0 heterocycles. The number of carbonyl (C=O) groups excluding carboxylic acids is 2. The third-order valence-electron chi connectivity index (χ3n) is 4.86. The predicted molar refractivity (Wildman–Crippen MR) is 125 cm³/mol. The Labute approximate surface area is 188 Å². The van der Waals surface area contributed by atoms with Crippen LogP contribution in [-0.4, -0.2) is 31.1 Å². The van der Waals surface area contributed by atoms with Crippen molar-refractivity contribution in [3.05, 3.63) is 90.0 Å². The number of anilines is 1. The summed E-state index contributed by atoms with van der Waals surface area (Å²) in [4.78, 5) is 24.8. The van der Waals surface area contributed by atoms with Gasteiger partial charge in [-0.1, -0.05) is 31.2 Å². The summed E-state index contributed by atoms with van der Waals surface area (Å²) in [5.74, 6) is 0.991. The maximum Gasteiger partial charge on any atom is 0.255 e. The minimum atomic E-state index is -0.257. The minimum absolute atomic E-state index is 0.112. The standard InChI is InChI=1S/C26H28N2O4/c1-3-19(2)27-25(29)20-12-14-22(15-13-20)28-26(30)21-8-7-11-24(18-21)32-17-16-31-23-9-5-4-6-10-23/h4-15,18-19H,3,16-17H2,1-2H3,(H,27,29)(H,28,30). The lowest BCUT2D eigenvalue weighted by Crippen LogP contribution is -2.31. The Hall–Kier alpha value is -3.80. The van der Waals surface area contributed by atoms with Crippen molar-refractivity contribution in [1.29, 1.82) is 0 Å². The van der Waals surface area contributed by atoms with Gasteiger partial charge in [-0.2, -0.15) is 0 Å². The van der Waals surface area contributed by atoms with E-state index in [-0.39, 0.29) is 17.9 Å². The van der Waals surface area contributed by atoms with Crippen LogP contribution in [0.2, 0.25) is 0 Å². The normalized spacial score (nSPS) is 11.3. The van der Waals surface area contributed by atoms with E-state index in [9.17, 15) is 9.59 Å². The molecule has 3 aromatic rings. The summed E-state index contributed by atoms with van der Waals surface area (Å²) in [7, 11) is 0. The Bertz CT molecular complexity index is 1020. The van der Waals surface area contributed by atoms with Crippen LogP contribution in [0.3, 0.4) is 0 Å². The zero-order valence-corrected chi connectivity index (χ0v) is 18.3. The summed E-state index contributed by atoms with van der Waals surface area (Å²) in [6.07, 6.45) is 0.864. The highest BCUT2D eigenvalue weighted by atomic mass is 16.5. The Morgan fingerprint density at radius 3 is 2.12 bits per heavy atom. The van der Waals surface area contributed by atoms with Gasteiger partial charge < -0.3 is 20.1 Å². The average molecular weight is 433 g/mol. The van der Waals surface area contributed by atoms with Crippen molar-refractivity contribution >= 4 is 17.5 Å². The first-order valence-corrected chi connectivity index (χ1v) is 10.7. The number of ether oxygens (including phenoxy) is 2. The summed E-state index contributed by atoms with van der Waals surface area (Å²) in [6, 6.07) is 23.4. The van der Waals surface area contributed by atoms with Crippen LogP contribution in [-0.2, 0) is 0 Å². The molecule has 0 saturated heterocycles. The number of hydrogen-bond acceptors (Lipinski definition) is 4. The quantitative estimate of drug-likeness (QED) is 0.446. The highest BCUT2D eigenvalue weighted by Gasteiger charge is 2.10. The summed E-state index contributed by atoms with van der Waals surface area (Å²) in [6.45, 7) is 4.74. The lowest BCUT2D eigenvalue weighted by atomic mass is 10.1. The third kappa shape index (κ3) is 6.87. The number of hydrogen-bond donors (Lipinski definition) is 2. The maximum atomic E-state index is 12.6. The largest absolute Gasteiger partial charge is 0.490 e. The van der Waals surface area contributed by atoms with Gasteiger partial charge in [0.15, 0.2) is 0 Å². The number of benzene rings is 3. The van der Waals surface area contributed by atoms with E-state index in [1.807, 2.05) is 44.2 Å². The fraction of sp³-hybridized carbons (Fsp3) is 0.231. The van der Waals surface area contributed by atoms with E-state index < -0.39 is 0 Å². The topological polar surface area (TPSA) is 76.7 Å². The molecule has 166 valence electrons. The van der Waals surface area contributed by atoms with Crippen LogP contribution in [0.5, 0.6) is 11.5 Å². The average Bonchev–Trinajstić information content (AvgIpc) is 2.83. The lowest BCUT2D eigenvalue weighted by molar-refractivity contribution is 0.0938. The van der Waals surface area contributed by atoms with Crippen LogP contribution in [0, 0.1) is 0 Å². The molecule has 0 aromatic heterocycles. The molecule has 2 amide bonds. The van der Waals surface area contributed by atoms with Crippen LogP contribution in [0.25, 0.3) is 0 Å². The zero-order valence-electron chi connectivity index (χ0n) is 18.3. The third-order valence-corrected chi connectivity index (χ3v) is 4.86. The Morgan fingerprint density at radius 1 is 0.781 bits per heavy atom. The molecule has 0 saturated carbocycles. The molecule has 1 unspecified atom stereocenters. The van der Waals surface area contributed by atoms with Crippen molar-refractivity contribution in [3.8, 4) is 11.5 Å². The van der Waals surface area contributed by atoms with Crippen molar-refractivity contribution in [2.75, 3.05) is 18.5 Å². The van der Waals surface area contributed by atoms with Gasteiger partial charge in [-0.15, -0.1) is 0 Å². The van der Waals surface area contributed by atoms with Gasteiger partial charge in [0.05, 0.1) is 0 Å². The fourth-order valence-electron chi connectivity index (χ4n) is 2.88. The molecule has 0 fully saturated rings. The van der Waals surface area contributed by atoms with Crippen LogP contribution >= 0.6 is 0 Å². The molecule has 3 rings (SSSR count). The monoisotopic (exact) mass is 432 g/mol. The maximum absolute atomic E-state index is 12.6. The molecule has 0 aliphatic rings. The highest BCUT2D eigenvalue weighted by molar-refractivity contribution is 6.04. The van der Waals surface area contributed by atoms with Crippen LogP contribution in [0.1, 0.15) is 41.0 Å². The van der Waals surface area contributed by atoms with Gasteiger partial charge in [0.2, 0.25) is 0 Å². The van der Waals surface area contributed by atoms with Crippen LogP contribution in [0.4, 0.5) is 5.69 Å². The van der Waals surface area contributed by atoms with Crippen molar-refractivity contribution in [2.24, 2.45) is 0 Å². The molecule has 0 aliphatic carbocycles. The minimum Gasteiger partial charge on any atom is -0.490 e. The second-order valence-corrected chi connectivity index (χ2v) is 7.35. The van der Waals surface area contributed by atoms with Gasteiger partial charge in [0.25, 0.3) is 11.8 Å². The van der Waals surface area contributed by atoms with Gasteiger partial charge in [-0.25, -0.2) is 0 Å². The van der Waals surface area contributed by atoms with E-state index in [1.54, 1.807) is 48.5 Å². The summed E-state index contributed by atoms with van der Waals surface area (Å²) in [5.41, 5.74) is 1.64. The van der Waals surface area contributed by atoms with Crippen LogP contribution < -0.4 is 20.1 Å². The van der Waals surface area contributed by atoms with E-state index in [1.165, 1.54) is 0 Å². The van der Waals surface area contributed by atoms with Crippen molar-refractivity contribution in [2.45, 2.75) is 26.3 Å². The Balaban J connectivity index is 1.51. The lowest BCUT2D eigenvalue weighted by Gasteiger charge is -2.12. The molecule has 0 aliphatic heterocycles. The van der Waals surface area contributed by atoms with E-state index >= 15 is 0 Å². The number of carbonyl (C=O) groups is 2. The first-order chi connectivity index (χ1) is 15.5. The van der Waals surface area contributed by atoms with E-state index in [4.69, 9.17) is 9.47 Å². The smallest absolute Gasteiger partial charge is 0.255 e. The molecule has 0 spiro atoms. The van der Waals surface area contributed by atoms with Crippen molar-refractivity contribution < 1.29 is 19.1 Å². The van der Waals surface area contributed by atoms with E-state index in [2.05, 4.69) is 10.6 Å². The number of nitrogens with one attached hydrogen (secondary N) is 2. The molecular formula is C26H28N2O4. The molecule has 2 N–H and O–H groups in total. The molecule has 6 nitrogen and oxygen atoms in total. The van der Waals surface area contributed by atoms with Crippen LogP contribution in [0.15, 0.2) is 78.9 Å². The molecule has 0 radical (unpaired) electrons.